The van der Waals surface area contributed by atoms with Gasteiger partial charge in [0.15, 0.2) is 11.2 Å². The molecule has 1 aromatic heterocycles. The molecule has 2 bridgehead atoms. The van der Waals surface area contributed by atoms with Crippen molar-refractivity contribution in [2.24, 2.45) is 11.8 Å². The summed E-state index contributed by atoms with van der Waals surface area (Å²) in [6.07, 6.45) is -0.239. The van der Waals surface area contributed by atoms with E-state index in [4.69, 9.17) is 23.9 Å². The maximum Gasteiger partial charge on any atom is 0.333 e. The number of carboxylic acid groups (broad SMARTS) is 1. The second-order valence-corrected chi connectivity index (χ2v) is 12.1. The minimum absolute atomic E-state index is 0.0404. The fraction of sp³-hybridized carbons (Fsp3) is 0.625. The van der Waals surface area contributed by atoms with Gasteiger partial charge in [0, 0.05) is 30.4 Å². The maximum absolute atomic E-state index is 12.5. The number of aliphatic hydroxyl groups excluding tert-OH is 4. The predicted molar refractivity (Wildman–Crippen MR) is 156 cm³/mol. The zero-order chi connectivity index (χ0) is 32.7. The normalized spacial score (nSPS) is 35.5. The molecule has 5 rings (SSSR count). The molecule has 8 unspecified atom stereocenters. The monoisotopic (exact) mass is 632 g/mol. The summed E-state index contributed by atoms with van der Waals surface area (Å²) in [5.74, 6) is -5.48. The molecule has 1 aromatic rings. The first-order valence-electron chi connectivity index (χ1n) is 15.3. The van der Waals surface area contributed by atoms with E-state index in [9.17, 15) is 40.2 Å². The number of ether oxygens (including phenoxy) is 4. The van der Waals surface area contributed by atoms with Crippen molar-refractivity contribution in [1.29, 1.82) is 0 Å². The van der Waals surface area contributed by atoms with Crippen LogP contribution >= 0.6 is 0 Å². The molecule has 1 saturated heterocycles. The van der Waals surface area contributed by atoms with Crippen LogP contribution in [-0.2, 0) is 35.0 Å². The number of aryl methyl sites for hydroxylation is 1. The molecule has 6 N–H and O–H groups in total. The Morgan fingerprint density at radius 3 is 2.62 bits per heavy atom. The molecule has 8 atom stereocenters. The van der Waals surface area contributed by atoms with Gasteiger partial charge in [0.1, 0.15) is 18.8 Å². The van der Waals surface area contributed by atoms with Crippen LogP contribution in [0.2, 0.25) is 0 Å². The highest BCUT2D eigenvalue weighted by molar-refractivity contribution is 5.90. The van der Waals surface area contributed by atoms with E-state index in [1.165, 1.54) is 19.3 Å². The average Bonchev–Trinajstić information content (AvgIpc) is 3.47. The number of aliphatic hydroxyl groups is 5. The lowest BCUT2D eigenvalue weighted by atomic mass is 9.61. The predicted octanol–water partition coefficient (Wildman–Crippen LogP) is -1.25. The minimum atomic E-state index is -2.29. The lowest BCUT2D eigenvalue weighted by Crippen LogP contribution is -2.83. The van der Waals surface area contributed by atoms with Gasteiger partial charge in [-0.3, -0.25) is 4.79 Å². The van der Waals surface area contributed by atoms with Gasteiger partial charge in [0.05, 0.1) is 32.0 Å². The zero-order valence-corrected chi connectivity index (χ0v) is 25.5. The Hall–Kier alpha value is -3.04. The third-order valence-corrected chi connectivity index (χ3v) is 9.85. The smallest absolute Gasteiger partial charge is 0.333 e. The van der Waals surface area contributed by atoms with E-state index in [0.717, 1.165) is 5.69 Å². The molecule has 0 radical (unpaired) electrons. The molecule has 1 saturated carbocycles. The van der Waals surface area contributed by atoms with Crippen LogP contribution in [0.3, 0.4) is 0 Å². The van der Waals surface area contributed by atoms with Gasteiger partial charge in [-0.1, -0.05) is 36.9 Å². The Kier molecular flexibility index (Phi) is 9.35. The number of hydrogen-bond acceptors (Lipinski definition) is 11. The molecule has 0 amide bonds. The van der Waals surface area contributed by atoms with Crippen molar-refractivity contribution in [2.45, 2.75) is 87.2 Å². The number of carboxylic acids is 1. The van der Waals surface area contributed by atoms with Gasteiger partial charge in [-0.15, -0.1) is 6.58 Å². The number of hydrogen-bond donors (Lipinski definition) is 6. The molecule has 2 aliphatic heterocycles. The van der Waals surface area contributed by atoms with Gasteiger partial charge in [-0.2, -0.15) is 5.69 Å². The molecule has 4 aliphatic rings. The van der Waals surface area contributed by atoms with Crippen molar-refractivity contribution in [3.8, 4) is 0 Å². The van der Waals surface area contributed by atoms with E-state index in [0.29, 0.717) is 34.7 Å². The van der Waals surface area contributed by atoms with Gasteiger partial charge in [0.2, 0.25) is 5.79 Å². The molecule has 2 fully saturated rings. The number of nitrogens with zero attached hydrogens (tertiary/aromatic N) is 1. The standard InChI is InChI=1S/C32H42NO12/c1-4-17-13-21-22-10-11-30(41)29(40)32(22,44-24(7-6-12-34)27(21)33-17)25(15-35)45-31(30,16-36)43-23-9-8-19(28(39)42-3)20(14-26(37)38)18(23)5-2/h5,8,13,18,20,23,25,29,34-36,40-41H,2,4,6-7,9-12,14-16H2,1,3H3,(H,37,38)/q-1. The molecule has 45 heavy (non-hydrogen) atoms. The molecular weight excluding hydrogens is 590 g/mol. The highest BCUT2D eigenvalue weighted by atomic mass is 16.7. The topological polar surface area (TPSA) is 207 Å². The van der Waals surface area contributed by atoms with Crippen molar-refractivity contribution in [1.82, 2.24) is 4.98 Å². The molecular formula is C32H42NO12-. The van der Waals surface area contributed by atoms with Crippen LogP contribution in [0.1, 0.15) is 51.1 Å². The van der Waals surface area contributed by atoms with E-state index < -0.39 is 78.7 Å². The summed E-state index contributed by atoms with van der Waals surface area (Å²) in [5.41, 5.74) is -2.52. The number of aromatic nitrogens is 1. The fourth-order valence-corrected chi connectivity index (χ4v) is 7.65. The van der Waals surface area contributed by atoms with Crippen molar-refractivity contribution in [2.75, 3.05) is 26.9 Å². The average molecular weight is 633 g/mol. The summed E-state index contributed by atoms with van der Waals surface area (Å²) in [7, 11) is 1.19. The molecule has 13 nitrogen and oxygen atoms in total. The van der Waals surface area contributed by atoms with Crippen LogP contribution in [0, 0.1) is 11.8 Å². The lowest BCUT2D eigenvalue weighted by molar-refractivity contribution is -0.434. The Bertz CT molecular complexity index is 1480. The summed E-state index contributed by atoms with van der Waals surface area (Å²) in [5, 5.41) is 66.6. The zero-order valence-electron chi connectivity index (χ0n) is 25.5. The molecule has 2 aliphatic carbocycles. The number of fused-ring (bicyclic) bond motifs is 2. The number of carbonyl (C=O) groups is 2. The molecule has 3 heterocycles. The third-order valence-electron chi connectivity index (χ3n) is 9.85. The van der Waals surface area contributed by atoms with E-state index in [2.05, 4.69) is 6.58 Å². The first kappa shape index (κ1) is 33.3. The van der Waals surface area contributed by atoms with E-state index >= 15 is 0 Å². The van der Waals surface area contributed by atoms with E-state index in [1.807, 2.05) is 13.0 Å². The molecule has 13 heteroatoms. The summed E-state index contributed by atoms with van der Waals surface area (Å²) in [6, 6.07) is 1.90. The SMILES string of the molecule is C=CC1C(OC2(CO)OC(CO)C34OC(CCCO)=c5[n-]c(CC)cc5=C3CCC2(O)C4O)CC=C(C(=O)OC)C1CC(=O)O. The highest BCUT2D eigenvalue weighted by Crippen LogP contribution is 2.57. The second-order valence-electron chi connectivity index (χ2n) is 12.1. The van der Waals surface area contributed by atoms with E-state index in [1.54, 1.807) is 0 Å². The van der Waals surface area contributed by atoms with Gasteiger partial charge < -0.3 is 54.6 Å². The Morgan fingerprint density at radius 1 is 1.27 bits per heavy atom. The van der Waals surface area contributed by atoms with Crippen LogP contribution < -0.4 is 15.6 Å². The number of esters is 1. The van der Waals surface area contributed by atoms with Gasteiger partial charge in [-0.25, -0.2) is 4.79 Å². The first-order chi connectivity index (χ1) is 21.5. The first-order valence-corrected chi connectivity index (χ1v) is 15.3. The highest BCUT2D eigenvalue weighted by Gasteiger charge is 2.75. The fourth-order valence-electron chi connectivity index (χ4n) is 7.65. The van der Waals surface area contributed by atoms with Crippen LogP contribution in [0.5, 0.6) is 0 Å². The van der Waals surface area contributed by atoms with Crippen molar-refractivity contribution in [3.63, 3.8) is 0 Å². The number of carbonyl (C=O) groups excluding carboxylic acids is 1. The van der Waals surface area contributed by atoms with Crippen LogP contribution in [0.4, 0.5) is 0 Å². The van der Waals surface area contributed by atoms with E-state index in [-0.39, 0.29) is 37.9 Å². The van der Waals surface area contributed by atoms with Crippen molar-refractivity contribution in [3.05, 3.63) is 46.6 Å². The van der Waals surface area contributed by atoms with Crippen molar-refractivity contribution >= 4 is 23.3 Å². The number of aliphatic carboxylic acids is 1. The largest absolute Gasteiger partial charge is 0.658 e. The number of rotatable bonds is 12. The second kappa shape index (κ2) is 12.6. The molecule has 0 aromatic carbocycles. The minimum Gasteiger partial charge on any atom is -0.658 e. The Morgan fingerprint density at radius 2 is 2.02 bits per heavy atom. The lowest BCUT2D eigenvalue weighted by Gasteiger charge is -2.64. The Labute approximate surface area is 260 Å². The van der Waals surface area contributed by atoms with Crippen molar-refractivity contribution < 1.29 is 59.2 Å². The number of methoxy groups -OCH3 is 1. The van der Waals surface area contributed by atoms with Gasteiger partial charge in [-0.05, 0) is 36.5 Å². The summed E-state index contributed by atoms with van der Waals surface area (Å²) >= 11 is 0. The van der Waals surface area contributed by atoms with Crippen LogP contribution in [0.25, 0.3) is 11.3 Å². The quantitative estimate of drug-likeness (QED) is 0.118. The summed E-state index contributed by atoms with van der Waals surface area (Å²) < 4.78 is 24.2. The van der Waals surface area contributed by atoms with Gasteiger partial charge >= 0.3 is 11.9 Å². The maximum atomic E-state index is 12.5. The molecule has 248 valence electrons. The van der Waals surface area contributed by atoms with Crippen LogP contribution in [0.15, 0.2) is 30.4 Å². The van der Waals surface area contributed by atoms with Gasteiger partial charge in [0.25, 0.3) is 0 Å². The molecule has 1 spiro atoms. The summed E-state index contributed by atoms with van der Waals surface area (Å²) in [4.78, 5) is 29.0. The Balaban J connectivity index is 1.60. The third kappa shape index (κ3) is 5.05. The summed E-state index contributed by atoms with van der Waals surface area (Å²) in [6.45, 7) is 4.04. The van der Waals surface area contributed by atoms with Crippen LogP contribution in [-0.4, -0.2) is 105 Å².